The second-order valence-electron chi connectivity index (χ2n) is 4.76. The molecule has 0 saturated carbocycles. The van der Waals surface area contributed by atoms with E-state index in [1.54, 1.807) is 18.0 Å². The largest absolute Gasteiger partial charge is 0.354 e. The molecule has 0 aliphatic heterocycles. The molecule has 7 nitrogen and oxygen atoms in total. The second kappa shape index (κ2) is 9.28. The highest BCUT2D eigenvalue weighted by Gasteiger charge is 2.18. The molecule has 3 amide bonds. The molecule has 0 spiro atoms. The number of aromatic nitrogens is 2. The molecule has 0 aliphatic carbocycles. The Bertz CT molecular complexity index is 463. The number of aromatic amines is 1. The van der Waals surface area contributed by atoms with Crippen LogP contribution in [-0.4, -0.2) is 46.7 Å². The Morgan fingerprint density at radius 3 is 2.86 bits per heavy atom. The molecule has 118 valence electrons. The van der Waals surface area contributed by atoms with E-state index in [2.05, 4.69) is 20.8 Å². The fourth-order valence-electron chi connectivity index (χ4n) is 1.92. The Hall–Kier alpha value is -1.70. The van der Waals surface area contributed by atoms with E-state index in [4.69, 9.17) is 5.73 Å². The number of nitrogens with two attached hydrogens (primary N) is 1. The van der Waals surface area contributed by atoms with Gasteiger partial charge >= 0.3 is 6.03 Å². The third kappa shape index (κ3) is 6.52. The van der Waals surface area contributed by atoms with Crippen molar-refractivity contribution < 1.29 is 9.59 Å². The van der Waals surface area contributed by atoms with Gasteiger partial charge in [-0.2, -0.15) is 16.9 Å². The summed E-state index contributed by atoms with van der Waals surface area (Å²) in [6.07, 6.45) is 5.98. The van der Waals surface area contributed by atoms with Crippen LogP contribution in [0.3, 0.4) is 0 Å². The quantitative estimate of drug-likeness (QED) is 0.499. The van der Waals surface area contributed by atoms with Gasteiger partial charge in [-0.3, -0.25) is 9.89 Å². The van der Waals surface area contributed by atoms with E-state index in [-0.39, 0.29) is 5.91 Å². The van der Waals surface area contributed by atoms with Gasteiger partial charge in [-0.05, 0) is 43.8 Å². The monoisotopic (exact) mass is 313 g/mol. The van der Waals surface area contributed by atoms with Gasteiger partial charge in [0.15, 0.2) is 0 Å². The fraction of sp³-hybridized carbons (Fsp3) is 0.615. The van der Waals surface area contributed by atoms with Gasteiger partial charge in [-0.15, -0.1) is 0 Å². The van der Waals surface area contributed by atoms with Crippen LogP contribution in [0, 0.1) is 6.92 Å². The third-order valence-electron chi connectivity index (χ3n) is 3.10. The number of hydrogen-bond acceptors (Lipinski definition) is 4. The van der Waals surface area contributed by atoms with Crippen molar-refractivity contribution in [3.8, 4) is 0 Å². The molecule has 0 aromatic carbocycles. The smallest absolute Gasteiger partial charge is 0.312 e. The first-order valence-electron chi connectivity index (χ1n) is 6.86. The van der Waals surface area contributed by atoms with Crippen molar-refractivity contribution in [1.29, 1.82) is 0 Å². The van der Waals surface area contributed by atoms with Crippen LogP contribution >= 0.6 is 11.8 Å². The van der Waals surface area contributed by atoms with Gasteiger partial charge in [0.25, 0.3) is 0 Å². The molecule has 1 unspecified atom stereocenters. The maximum Gasteiger partial charge on any atom is 0.312 e. The zero-order chi connectivity index (χ0) is 15.7. The number of nitrogens with zero attached hydrogens (tertiary/aromatic N) is 1. The lowest BCUT2D eigenvalue weighted by Crippen LogP contribution is -2.49. The van der Waals surface area contributed by atoms with Gasteiger partial charge in [0.05, 0.1) is 6.20 Å². The van der Waals surface area contributed by atoms with Crippen molar-refractivity contribution in [2.75, 3.05) is 18.6 Å². The Morgan fingerprint density at radius 1 is 1.52 bits per heavy atom. The maximum atomic E-state index is 12.0. The maximum absolute atomic E-state index is 12.0. The van der Waals surface area contributed by atoms with E-state index in [1.807, 2.05) is 13.2 Å². The highest BCUT2D eigenvalue weighted by molar-refractivity contribution is 7.98. The average Bonchev–Trinajstić information content (AvgIpc) is 2.84. The lowest BCUT2D eigenvalue weighted by Gasteiger charge is -2.16. The number of hydrogen-bond donors (Lipinski definition) is 4. The molecule has 8 heteroatoms. The Labute approximate surface area is 128 Å². The fourth-order valence-corrected chi connectivity index (χ4v) is 2.39. The van der Waals surface area contributed by atoms with Crippen molar-refractivity contribution in [3.63, 3.8) is 0 Å². The highest BCUT2D eigenvalue weighted by atomic mass is 32.2. The van der Waals surface area contributed by atoms with E-state index in [0.29, 0.717) is 13.0 Å². The Kier molecular flexibility index (Phi) is 7.66. The number of thioether (sulfide) groups is 1. The van der Waals surface area contributed by atoms with E-state index < -0.39 is 12.1 Å². The molecular weight excluding hydrogens is 290 g/mol. The standard InChI is InChI=1S/C13H23N5O2S/c1-9-10(8-16-18-9)4-3-6-15-12(19)11(5-7-21-2)17-13(14)20/h8,11H,3-7H2,1-2H3,(H,15,19)(H,16,18)(H3,14,17,20). The predicted molar refractivity (Wildman–Crippen MR) is 84.2 cm³/mol. The summed E-state index contributed by atoms with van der Waals surface area (Å²) in [5.41, 5.74) is 7.29. The molecule has 0 fully saturated rings. The van der Waals surface area contributed by atoms with E-state index >= 15 is 0 Å². The number of H-pyrrole nitrogens is 1. The van der Waals surface area contributed by atoms with Gasteiger partial charge in [-0.25, -0.2) is 4.79 Å². The van der Waals surface area contributed by atoms with Crippen molar-refractivity contribution in [2.24, 2.45) is 5.73 Å². The minimum Gasteiger partial charge on any atom is -0.354 e. The molecule has 1 heterocycles. The number of amides is 3. The van der Waals surface area contributed by atoms with Crippen LogP contribution in [0.4, 0.5) is 4.79 Å². The van der Waals surface area contributed by atoms with Gasteiger partial charge in [0.2, 0.25) is 5.91 Å². The molecule has 1 rings (SSSR count). The van der Waals surface area contributed by atoms with Crippen LogP contribution in [0.25, 0.3) is 0 Å². The SMILES string of the molecule is CSCCC(NC(N)=O)C(=O)NCCCc1cn[nH]c1C. The van der Waals surface area contributed by atoms with Crippen molar-refractivity contribution in [2.45, 2.75) is 32.2 Å². The van der Waals surface area contributed by atoms with Crippen LogP contribution in [0.2, 0.25) is 0 Å². The summed E-state index contributed by atoms with van der Waals surface area (Å²) in [6, 6.07) is -1.24. The summed E-state index contributed by atoms with van der Waals surface area (Å²) in [5, 5.41) is 12.1. The van der Waals surface area contributed by atoms with E-state index in [9.17, 15) is 9.59 Å². The summed E-state index contributed by atoms with van der Waals surface area (Å²) >= 11 is 1.62. The molecule has 0 bridgehead atoms. The zero-order valence-electron chi connectivity index (χ0n) is 12.4. The molecular formula is C13H23N5O2S. The zero-order valence-corrected chi connectivity index (χ0v) is 13.3. The summed E-state index contributed by atoms with van der Waals surface area (Å²) < 4.78 is 0. The second-order valence-corrected chi connectivity index (χ2v) is 5.74. The molecule has 1 atom stereocenters. The Balaban J connectivity index is 2.32. The van der Waals surface area contributed by atoms with Gasteiger partial charge in [0.1, 0.15) is 6.04 Å². The minimum absolute atomic E-state index is 0.188. The molecule has 21 heavy (non-hydrogen) atoms. The molecule has 0 aliphatic rings. The third-order valence-corrected chi connectivity index (χ3v) is 3.74. The van der Waals surface area contributed by atoms with E-state index in [1.165, 1.54) is 0 Å². The van der Waals surface area contributed by atoms with Crippen LogP contribution in [0.1, 0.15) is 24.1 Å². The molecule has 1 aromatic rings. The topological polar surface area (TPSA) is 113 Å². The van der Waals surface area contributed by atoms with Crippen molar-refractivity contribution in [3.05, 3.63) is 17.5 Å². The number of carbonyl (C=O) groups is 2. The van der Waals surface area contributed by atoms with Gasteiger partial charge in [-0.1, -0.05) is 0 Å². The van der Waals surface area contributed by atoms with Crippen molar-refractivity contribution >= 4 is 23.7 Å². The normalized spacial score (nSPS) is 11.9. The number of urea groups is 1. The highest BCUT2D eigenvalue weighted by Crippen LogP contribution is 2.05. The molecule has 1 aromatic heterocycles. The molecule has 0 saturated heterocycles. The number of aryl methyl sites for hydroxylation is 2. The first kappa shape index (κ1) is 17.4. The molecule has 5 N–H and O–H groups in total. The van der Waals surface area contributed by atoms with Crippen LogP contribution in [0.5, 0.6) is 0 Å². The van der Waals surface area contributed by atoms with Gasteiger partial charge < -0.3 is 16.4 Å². The van der Waals surface area contributed by atoms with Crippen LogP contribution in [0.15, 0.2) is 6.20 Å². The number of rotatable bonds is 9. The first-order chi connectivity index (χ1) is 10.0. The summed E-state index contributed by atoms with van der Waals surface area (Å²) in [5.74, 6) is 0.596. The molecule has 0 radical (unpaired) electrons. The van der Waals surface area contributed by atoms with Crippen molar-refractivity contribution in [1.82, 2.24) is 20.8 Å². The van der Waals surface area contributed by atoms with Crippen LogP contribution in [-0.2, 0) is 11.2 Å². The first-order valence-corrected chi connectivity index (χ1v) is 8.25. The Morgan fingerprint density at radius 2 is 2.29 bits per heavy atom. The summed E-state index contributed by atoms with van der Waals surface area (Å²) in [4.78, 5) is 22.9. The summed E-state index contributed by atoms with van der Waals surface area (Å²) in [7, 11) is 0. The van der Waals surface area contributed by atoms with Gasteiger partial charge in [0, 0.05) is 12.2 Å². The number of carbonyl (C=O) groups excluding carboxylic acids is 2. The van der Waals surface area contributed by atoms with E-state index in [0.717, 1.165) is 29.9 Å². The number of nitrogens with one attached hydrogen (secondary N) is 3. The minimum atomic E-state index is -0.676. The lowest BCUT2D eigenvalue weighted by atomic mass is 10.1. The summed E-state index contributed by atoms with van der Waals surface area (Å²) in [6.45, 7) is 2.52. The lowest BCUT2D eigenvalue weighted by molar-refractivity contribution is -0.122. The average molecular weight is 313 g/mol. The van der Waals surface area contributed by atoms with Crippen LogP contribution < -0.4 is 16.4 Å². The predicted octanol–water partition coefficient (Wildman–Crippen LogP) is 0.557. The number of primary amides is 1.